The van der Waals surface area contributed by atoms with Crippen molar-refractivity contribution in [3.8, 4) is 5.75 Å². The second kappa shape index (κ2) is 5.90. The van der Waals surface area contributed by atoms with Crippen molar-refractivity contribution >= 4 is 23.3 Å². The van der Waals surface area contributed by atoms with E-state index in [0.717, 1.165) is 23.4 Å². The van der Waals surface area contributed by atoms with Crippen LogP contribution in [0.1, 0.15) is 34.0 Å². The zero-order chi connectivity index (χ0) is 16.7. The first-order valence-electron chi connectivity index (χ1n) is 7.65. The van der Waals surface area contributed by atoms with E-state index in [9.17, 15) is 4.79 Å². The Morgan fingerprint density at radius 2 is 2.04 bits per heavy atom. The Hall–Kier alpha value is -2.41. The standard InChI is InChI=1S/C17H16N4O2S/c1-23-12-5-3-10(4-6-12)11-7-14-13(15(22)8-11)9-18-16-19-17(24-2)20-21(14)16/h3-6,9,11H,7-8H2,1-2H3. The van der Waals surface area contributed by atoms with Crippen LogP contribution < -0.4 is 4.74 Å². The summed E-state index contributed by atoms with van der Waals surface area (Å²) in [5.74, 6) is 1.59. The maximum atomic E-state index is 12.6. The summed E-state index contributed by atoms with van der Waals surface area (Å²) in [6.07, 6.45) is 4.78. The van der Waals surface area contributed by atoms with Crippen molar-refractivity contribution in [3.05, 3.63) is 47.3 Å². The van der Waals surface area contributed by atoms with Crippen molar-refractivity contribution < 1.29 is 9.53 Å². The predicted molar refractivity (Wildman–Crippen MR) is 90.9 cm³/mol. The van der Waals surface area contributed by atoms with Gasteiger partial charge in [0.1, 0.15) is 5.75 Å². The fraction of sp³-hybridized carbons (Fsp3) is 0.294. The lowest BCUT2D eigenvalue weighted by Crippen LogP contribution is -2.22. The monoisotopic (exact) mass is 340 g/mol. The Labute approximate surface area is 143 Å². The van der Waals surface area contributed by atoms with Gasteiger partial charge in [-0.15, -0.1) is 5.10 Å². The SMILES string of the molecule is COc1ccc(C2CC(=O)c3cnc4nc(SC)nn4c3C2)cc1. The van der Waals surface area contributed by atoms with Crippen LogP contribution in [0, 0.1) is 0 Å². The molecule has 6 nitrogen and oxygen atoms in total. The number of benzene rings is 1. The van der Waals surface area contributed by atoms with E-state index in [4.69, 9.17) is 4.74 Å². The number of ether oxygens (including phenoxy) is 1. The molecule has 1 aliphatic carbocycles. The van der Waals surface area contributed by atoms with E-state index >= 15 is 0 Å². The van der Waals surface area contributed by atoms with E-state index in [1.165, 1.54) is 11.8 Å². The molecule has 1 aromatic carbocycles. The highest BCUT2D eigenvalue weighted by atomic mass is 32.2. The number of Topliss-reactive ketones (excluding diaryl/α,β-unsaturated/α-hetero) is 1. The molecule has 122 valence electrons. The number of carbonyl (C=O) groups is 1. The molecule has 24 heavy (non-hydrogen) atoms. The summed E-state index contributed by atoms with van der Waals surface area (Å²) in [6.45, 7) is 0. The average molecular weight is 340 g/mol. The third-order valence-corrected chi connectivity index (χ3v) is 4.93. The summed E-state index contributed by atoms with van der Waals surface area (Å²) in [5.41, 5.74) is 2.68. The van der Waals surface area contributed by atoms with Gasteiger partial charge in [-0.3, -0.25) is 4.79 Å². The fourth-order valence-corrected chi connectivity index (χ4v) is 3.46. The molecule has 0 saturated heterocycles. The first-order chi connectivity index (χ1) is 11.7. The van der Waals surface area contributed by atoms with Gasteiger partial charge in [0.05, 0.1) is 18.4 Å². The van der Waals surface area contributed by atoms with E-state index < -0.39 is 0 Å². The molecule has 0 aliphatic heterocycles. The number of carbonyl (C=O) groups excluding carboxylic acids is 1. The third-order valence-electron chi connectivity index (χ3n) is 4.39. The first kappa shape index (κ1) is 15.1. The van der Waals surface area contributed by atoms with Crippen LogP contribution in [0.5, 0.6) is 5.75 Å². The number of methoxy groups -OCH3 is 1. The van der Waals surface area contributed by atoms with E-state index in [0.29, 0.717) is 22.9 Å². The van der Waals surface area contributed by atoms with Gasteiger partial charge in [0, 0.05) is 12.6 Å². The van der Waals surface area contributed by atoms with Crippen molar-refractivity contribution in [1.82, 2.24) is 19.6 Å². The Balaban J connectivity index is 1.76. The van der Waals surface area contributed by atoms with E-state index in [-0.39, 0.29) is 11.7 Å². The van der Waals surface area contributed by atoms with Gasteiger partial charge in [-0.1, -0.05) is 23.9 Å². The molecule has 0 radical (unpaired) electrons. The van der Waals surface area contributed by atoms with Crippen LogP contribution in [-0.2, 0) is 6.42 Å². The summed E-state index contributed by atoms with van der Waals surface area (Å²) in [6, 6.07) is 7.90. The maximum absolute atomic E-state index is 12.6. The molecule has 1 atom stereocenters. The first-order valence-corrected chi connectivity index (χ1v) is 8.88. The maximum Gasteiger partial charge on any atom is 0.253 e. The summed E-state index contributed by atoms with van der Waals surface area (Å²) >= 11 is 1.47. The molecule has 7 heteroatoms. The van der Waals surface area contributed by atoms with Gasteiger partial charge in [0.2, 0.25) is 5.16 Å². The lowest BCUT2D eigenvalue weighted by Gasteiger charge is -2.24. The van der Waals surface area contributed by atoms with E-state index in [1.54, 1.807) is 17.8 Å². The number of rotatable bonds is 3. The van der Waals surface area contributed by atoms with Crippen LogP contribution >= 0.6 is 11.8 Å². The number of ketones is 1. The molecule has 4 rings (SSSR count). The minimum absolute atomic E-state index is 0.104. The Bertz CT molecular complexity index is 920. The van der Waals surface area contributed by atoms with Gasteiger partial charge < -0.3 is 4.74 Å². The van der Waals surface area contributed by atoms with Gasteiger partial charge in [0.25, 0.3) is 5.78 Å². The Kier molecular flexibility index (Phi) is 3.72. The summed E-state index contributed by atoms with van der Waals surface area (Å²) in [5, 5.41) is 5.13. The molecule has 2 heterocycles. The van der Waals surface area contributed by atoms with E-state index in [1.807, 2.05) is 30.5 Å². The summed E-state index contributed by atoms with van der Waals surface area (Å²) in [7, 11) is 1.65. The fourth-order valence-electron chi connectivity index (χ4n) is 3.13. The van der Waals surface area contributed by atoms with Gasteiger partial charge in [0.15, 0.2) is 5.78 Å². The molecule has 2 aromatic heterocycles. The minimum atomic E-state index is 0.104. The topological polar surface area (TPSA) is 69.4 Å². The normalized spacial score (nSPS) is 17.1. The highest BCUT2D eigenvalue weighted by Gasteiger charge is 2.29. The van der Waals surface area contributed by atoms with Crippen molar-refractivity contribution in [2.75, 3.05) is 13.4 Å². The number of hydrogen-bond acceptors (Lipinski definition) is 6. The van der Waals surface area contributed by atoms with Crippen LogP contribution in [0.15, 0.2) is 35.6 Å². The van der Waals surface area contributed by atoms with Gasteiger partial charge in [-0.05, 0) is 36.3 Å². The van der Waals surface area contributed by atoms with Crippen molar-refractivity contribution in [2.45, 2.75) is 23.9 Å². The highest BCUT2D eigenvalue weighted by molar-refractivity contribution is 7.98. The molecular weight excluding hydrogens is 324 g/mol. The van der Waals surface area contributed by atoms with Gasteiger partial charge >= 0.3 is 0 Å². The number of fused-ring (bicyclic) bond motifs is 3. The second-order valence-corrected chi connectivity index (χ2v) is 6.50. The molecule has 0 bridgehead atoms. The van der Waals surface area contributed by atoms with Crippen molar-refractivity contribution in [1.29, 1.82) is 0 Å². The molecule has 0 saturated carbocycles. The van der Waals surface area contributed by atoms with Crippen molar-refractivity contribution in [3.63, 3.8) is 0 Å². The number of hydrogen-bond donors (Lipinski definition) is 0. The minimum Gasteiger partial charge on any atom is -0.497 e. The number of thioether (sulfide) groups is 1. The van der Waals surface area contributed by atoms with Crippen molar-refractivity contribution in [2.24, 2.45) is 0 Å². The van der Waals surface area contributed by atoms with Crippen LogP contribution in [0.2, 0.25) is 0 Å². The second-order valence-electron chi connectivity index (χ2n) is 5.73. The zero-order valence-electron chi connectivity index (χ0n) is 13.4. The molecule has 1 aliphatic rings. The smallest absolute Gasteiger partial charge is 0.253 e. The molecule has 0 N–H and O–H groups in total. The van der Waals surface area contributed by atoms with Crippen LogP contribution in [0.25, 0.3) is 5.78 Å². The highest BCUT2D eigenvalue weighted by Crippen LogP contribution is 2.33. The van der Waals surface area contributed by atoms with Crippen LogP contribution in [-0.4, -0.2) is 38.7 Å². The molecule has 1 unspecified atom stereocenters. The molecule has 0 spiro atoms. The average Bonchev–Trinajstić information content (AvgIpc) is 3.05. The predicted octanol–water partition coefficient (Wildman–Crippen LogP) is 2.77. The van der Waals surface area contributed by atoms with Crippen LogP contribution in [0.4, 0.5) is 0 Å². The largest absolute Gasteiger partial charge is 0.497 e. The quantitative estimate of drug-likeness (QED) is 0.683. The molecule has 0 amide bonds. The Morgan fingerprint density at radius 1 is 1.25 bits per heavy atom. The molecule has 3 aromatic rings. The lowest BCUT2D eigenvalue weighted by molar-refractivity contribution is 0.0962. The summed E-state index contributed by atoms with van der Waals surface area (Å²) in [4.78, 5) is 21.2. The number of aromatic nitrogens is 4. The summed E-state index contributed by atoms with van der Waals surface area (Å²) < 4.78 is 6.92. The van der Waals surface area contributed by atoms with Crippen LogP contribution in [0.3, 0.4) is 0 Å². The Morgan fingerprint density at radius 3 is 2.75 bits per heavy atom. The van der Waals surface area contributed by atoms with Gasteiger partial charge in [-0.25, -0.2) is 4.98 Å². The number of nitrogens with zero attached hydrogens (tertiary/aromatic N) is 4. The molecule has 0 fully saturated rings. The van der Waals surface area contributed by atoms with E-state index in [2.05, 4.69) is 15.1 Å². The third kappa shape index (κ3) is 2.45. The lowest BCUT2D eigenvalue weighted by atomic mass is 9.82. The zero-order valence-corrected chi connectivity index (χ0v) is 14.2. The molecular formula is C17H16N4O2S. The van der Waals surface area contributed by atoms with Gasteiger partial charge in [-0.2, -0.15) is 9.50 Å².